The van der Waals surface area contributed by atoms with Crippen molar-refractivity contribution in [1.29, 1.82) is 0 Å². The van der Waals surface area contributed by atoms with E-state index in [0.29, 0.717) is 17.9 Å². The fourth-order valence-corrected chi connectivity index (χ4v) is 5.23. The lowest BCUT2D eigenvalue weighted by molar-refractivity contribution is -0.128. The zero-order valence-electron chi connectivity index (χ0n) is 14.7. The summed E-state index contributed by atoms with van der Waals surface area (Å²) in [6.07, 6.45) is 5.62. The fraction of sp³-hybridized carbons (Fsp3) is 0.650. The Hall–Kier alpha value is -1.10. The van der Waals surface area contributed by atoms with Crippen molar-refractivity contribution in [3.8, 4) is 0 Å². The number of nitrogens with two attached hydrogens (primary N) is 1. The maximum atomic E-state index is 12.7. The molecule has 136 valence electrons. The van der Waals surface area contributed by atoms with Gasteiger partial charge in [-0.05, 0) is 61.6 Å². The number of benzene rings is 1. The van der Waals surface area contributed by atoms with Gasteiger partial charge in [-0.15, -0.1) is 0 Å². The molecule has 1 aromatic carbocycles. The van der Waals surface area contributed by atoms with E-state index in [1.54, 1.807) is 0 Å². The van der Waals surface area contributed by atoms with E-state index >= 15 is 0 Å². The van der Waals surface area contributed by atoms with Gasteiger partial charge in [-0.1, -0.05) is 23.7 Å². The van der Waals surface area contributed by atoms with Crippen molar-refractivity contribution >= 4 is 17.5 Å². The van der Waals surface area contributed by atoms with Crippen LogP contribution in [0.3, 0.4) is 0 Å². The van der Waals surface area contributed by atoms with Gasteiger partial charge in [0.15, 0.2) is 0 Å². The molecule has 4 nitrogen and oxygen atoms in total. The molecule has 0 radical (unpaired) electrons. The average Bonchev–Trinajstić information content (AvgIpc) is 3.20. The number of hydrogen-bond acceptors (Lipinski definition) is 3. The van der Waals surface area contributed by atoms with Crippen LogP contribution in [0.5, 0.6) is 0 Å². The summed E-state index contributed by atoms with van der Waals surface area (Å²) >= 11 is 5.95. The molecule has 1 amide bonds. The third kappa shape index (κ3) is 3.71. The van der Waals surface area contributed by atoms with Crippen LogP contribution >= 0.6 is 11.6 Å². The number of nitrogens with zero attached hydrogens (tertiary/aromatic N) is 1. The molecule has 4 atom stereocenters. The molecule has 5 heteroatoms. The van der Waals surface area contributed by atoms with Crippen LogP contribution in [0.15, 0.2) is 24.3 Å². The lowest BCUT2D eigenvalue weighted by Crippen LogP contribution is -2.50. The van der Waals surface area contributed by atoms with E-state index in [4.69, 9.17) is 17.3 Å². The molecule has 1 aliphatic heterocycles. The topological polar surface area (TPSA) is 58.4 Å². The number of halogens is 1. The molecular formula is C20H28ClN3O. The van der Waals surface area contributed by atoms with Crippen LogP contribution in [0.2, 0.25) is 5.02 Å². The number of carbonyl (C=O) groups is 1. The van der Waals surface area contributed by atoms with Crippen molar-refractivity contribution in [2.75, 3.05) is 13.1 Å². The van der Waals surface area contributed by atoms with Crippen LogP contribution in [0, 0.1) is 17.8 Å². The Bertz CT molecular complexity index is 610. The van der Waals surface area contributed by atoms with Crippen LogP contribution in [0.1, 0.15) is 37.7 Å². The maximum absolute atomic E-state index is 12.7. The van der Waals surface area contributed by atoms with Gasteiger partial charge >= 0.3 is 0 Å². The molecule has 4 rings (SSSR count). The smallest absolute Gasteiger partial charge is 0.225 e. The first-order chi connectivity index (χ1) is 12.1. The van der Waals surface area contributed by atoms with Crippen molar-refractivity contribution in [3.05, 3.63) is 34.9 Å². The highest BCUT2D eigenvalue weighted by atomic mass is 35.5. The molecule has 3 aliphatic rings. The van der Waals surface area contributed by atoms with E-state index in [1.807, 2.05) is 12.1 Å². The van der Waals surface area contributed by atoms with Gasteiger partial charge in [0.2, 0.25) is 5.91 Å². The van der Waals surface area contributed by atoms with Crippen LogP contribution in [0.4, 0.5) is 0 Å². The Kier molecular flexibility index (Phi) is 5.03. The highest BCUT2D eigenvalue weighted by molar-refractivity contribution is 6.30. The molecule has 2 bridgehead atoms. The number of piperidine rings is 1. The van der Waals surface area contributed by atoms with Crippen LogP contribution in [0.25, 0.3) is 0 Å². The Labute approximate surface area is 155 Å². The molecule has 4 unspecified atom stereocenters. The van der Waals surface area contributed by atoms with Gasteiger partial charge < -0.3 is 11.1 Å². The molecule has 1 saturated heterocycles. The van der Waals surface area contributed by atoms with E-state index in [1.165, 1.54) is 24.8 Å². The average molecular weight is 362 g/mol. The lowest BCUT2D eigenvalue weighted by Gasteiger charge is -2.34. The van der Waals surface area contributed by atoms with Crippen molar-refractivity contribution in [2.24, 2.45) is 23.5 Å². The maximum Gasteiger partial charge on any atom is 0.225 e. The van der Waals surface area contributed by atoms with Crippen LogP contribution in [-0.4, -0.2) is 36.0 Å². The minimum absolute atomic E-state index is 0.0610. The normalized spacial score (nSPS) is 32.9. The summed E-state index contributed by atoms with van der Waals surface area (Å²) in [4.78, 5) is 15.2. The summed E-state index contributed by atoms with van der Waals surface area (Å²) in [5, 5.41) is 4.09. The van der Waals surface area contributed by atoms with Gasteiger partial charge in [-0.25, -0.2) is 0 Å². The summed E-state index contributed by atoms with van der Waals surface area (Å²) in [5.41, 5.74) is 7.60. The third-order valence-electron chi connectivity index (χ3n) is 6.54. The minimum Gasteiger partial charge on any atom is -0.353 e. The second kappa shape index (κ2) is 7.26. The summed E-state index contributed by atoms with van der Waals surface area (Å²) in [6.45, 7) is 3.00. The summed E-state index contributed by atoms with van der Waals surface area (Å²) in [6, 6.07) is 8.47. The van der Waals surface area contributed by atoms with Gasteiger partial charge in [-0.3, -0.25) is 9.69 Å². The van der Waals surface area contributed by atoms with Gasteiger partial charge in [0.1, 0.15) is 0 Å². The highest BCUT2D eigenvalue weighted by Gasteiger charge is 2.49. The molecule has 1 heterocycles. The fourth-order valence-electron chi connectivity index (χ4n) is 5.11. The van der Waals surface area contributed by atoms with Crippen LogP contribution < -0.4 is 11.1 Å². The number of likely N-dealkylation sites (tertiary alicyclic amines) is 1. The second-order valence-corrected chi connectivity index (χ2v) is 8.56. The first-order valence-electron chi connectivity index (χ1n) is 9.63. The summed E-state index contributed by atoms with van der Waals surface area (Å²) in [7, 11) is 0. The van der Waals surface area contributed by atoms with E-state index in [-0.39, 0.29) is 17.9 Å². The van der Waals surface area contributed by atoms with E-state index < -0.39 is 0 Å². The molecule has 25 heavy (non-hydrogen) atoms. The first-order valence-corrected chi connectivity index (χ1v) is 10.0. The molecule has 2 aliphatic carbocycles. The van der Waals surface area contributed by atoms with E-state index in [0.717, 1.165) is 37.5 Å². The van der Waals surface area contributed by atoms with Crippen molar-refractivity contribution in [1.82, 2.24) is 10.2 Å². The van der Waals surface area contributed by atoms with Crippen LogP contribution in [-0.2, 0) is 11.3 Å². The molecule has 3 fully saturated rings. The monoisotopic (exact) mass is 361 g/mol. The number of fused-ring (bicyclic) bond motifs is 2. The zero-order valence-corrected chi connectivity index (χ0v) is 15.4. The Balaban J connectivity index is 1.25. The van der Waals surface area contributed by atoms with Gasteiger partial charge in [0.25, 0.3) is 0 Å². The first kappa shape index (κ1) is 17.3. The molecule has 3 N–H and O–H groups in total. The summed E-state index contributed by atoms with van der Waals surface area (Å²) in [5.74, 6) is 1.40. The Morgan fingerprint density at radius 2 is 1.80 bits per heavy atom. The molecular weight excluding hydrogens is 334 g/mol. The zero-order chi connectivity index (χ0) is 17.4. The lowest BCUT2D eigenvalue weighted by atomic mass is 9.84. The molecule has 1 aromatic rings. The standard InChI is InChI=1S/C20H28ClN3O/c21-16-5-1-13(2-6-16)12-24-9-7-17(8-10-24)23-20(25)18-14-3-4-15(11-14)19(18)22/h1-2,5-6,14-15,17-19H,3-4,7-12,22H2,(H,23,25). The SMILES string of the molecule is NC1C2CCC(C2)C1C(=O)NC1CCN(Cc2ccc(Cl)cc2)CC1. The number of rotatable bonds is 4. The summed E-state index contributed by atoms with van der Waals surface area (Å²) < 4.78 is 0. The highest BCUT2D eigenvalue weighted by Crippen LogP contribution is 2.47. The Morgan fingerprint density at radius 1 is 1.12 bits per heavy atom. The van der Waals surface area contributed by atoms with Crippen molar-refractivity contribution in [2.45, 2.75) is 50.7 Å². The van der Waals surface area contributed by atoms with Crippen molar-refractivity contribution < 1.29 is 4.79 Å². The third-order valence-corrected chi connectivity index (χ3v) is 6.79. The van der Waals surface area contributed by atoms with E-state index in [9.17, 15) is 4.79 Å². The predicted octanol–water partition coefficient (Wildman–Crippen LogP) is 2.79. The predicted molar refractivity (Wildman–Crippen MR) is 100 cm³/mol. The van der Waals surface area contributed by atoms with Crippen molar-refractivity contribution in [3.63, 3.8) is 0 Å². The number of hydrogen-bond donors (Lipinski definition) is 2. The Morgan fingerprint density at radius 3 is 2.44 bits per heavy atom. The number of nitrogens with one attached hydrogen (secondary N) is 1. The van der Waals surface area contributed by atoms with Gasteiger partial charge in [0, 0.05) is 36.7 Å². The second-order valence-electron chi connectivity index (χ2n) is 8.12. The quantitative estimate of drug-likeness (QED) is 0.867. The minimum atomic E-state index is 0.0610. The van der Waals surface area contributed by atoms with E-state index in [2.05, 4.69) is 22.3 Å². The van der Waals surface area contributed by atoms with Gasteiger partial charge in [-0.2, -0.15) is 0 Å². The molecule has 2 saturated carbocycles. The number of amides is 1. The molecule has 0 spiro atoms. The molecule has 0 aromatic heterocycles. The van der Waals surface area contributed by atoms with Gasteiger partial charge in [0.05, 0.1) is 5.92 Å². The largest absolute Gasteiger partial charge is 0.353 e. The number of carbonyl (C=O) groups excluding carboxylic acids is 1.